The molecule has 0 spiro atoms. The molecule has 2 amide bonds. The monoisotopic (exact) mass is 473 g/mol. The third kappa shape index (κ3) is 6.13. The first-order valence-corrected chi connectivity index (χ1v) is 9.75. The molecular weight excluding hydrogens is 460 g/mol. The lowest BCUT2D eigenvalue weighted by molar-refractivity contribution is -0.136. The van der Waals surface area contributed by atoms with E-state index in [4.69, 9.17) is 27.9 Å². The molecule has 10 heteroatoms. The number of hydrazone groups is 1. The third-order valence-electron chi connectivity index (χ3n) is 3.94. The van der Waals surface area contributed by atoms with Gasteiger partial charge in [0.15, 0.2) is 0 Å². The van der Waals surface area contributed by atoms with E-state index < -0.39 is 23.6 Å². The number of anilines is 1. The third-order valence-corrected chi connectivity index (χ3v) is 4.46. The standard InChI is InChI=1S/C22H14Cl2FN3O4/c23-15-6-3-5-13(10-15)22(31)32-19-7-2-1-4-14(19)12-26-28-21(30)20(29)27-16-8-9-18(25)17(24)11-16/h1-12H,(H,27,29)(H,28,30)/b26-12+. The highest BCUT2D eigenvalue weighted by Crippen LogP contribution is 2.20. The van der Waals surface area contributed by atoms with Crippen LogP contribution in [-0.4, -0.2) is 24.0 Å². The number of ether oxygens (including phenoxy) is 1. The number of halogens is 3. The topological polar surface area (TPSA) is 96.9 Å². The molecule has 7 nitrogen and oxygen atoms in total. The van der Waals surface area contributed by atoms with Crippen molar-refractivity contribution in [2.24, 2.45) is 5.10 Å². The molecule has 0 radical (unpaired) electrons. The number of nitrogens with one attached hydrogen (secondary N) is 2. The van der Waals surface area contributed by atoms with Crippen LogP contribution in [0.5, 0.6) is 5.75 Å². The van der Waals surface area contributed by atoms with E-state index in [1.807, 2.05) is 0 Å². The number of amides is 2. The average Bonchev–Trinajstić information content (AvgIpc) is 2.77. The van der Waals surface area contributed by atoms with Gasteiger partial charge >= 0.3 is 17.8 Å². The summed E-state index contributed by atoms with van der Waals surface area (Å²) in [6, 6.07) is 16.2. The minimum atomic E-state index is -1.07. The van der Waals surface area contributed by atoms with Crippen molar-refractivity contribution in [3.8, 4) is 5.75 Å². The van der Waals surface area contributed by atoms with Crippen LogP contribution in [0.15, 0.2) is 71.8 Å². The lowest BCUT2D eigenvalue weighted by Gasteiger charge is -2.07. The molecule has 32 heavy (non-hydrogen) atoms. The first-order valence-electron chi connectivity index (χ1n) is 8.99. The predicted molar refractivity (Wildman–Crippen MR) is 119 cm³/mol. The summed E-state index contributed by atoms with van der Waals surface area (Å²) in [4.78, 5) is 36.2. The van der Waals surface area contributed by atoms with Gasteiger partial charge in [-0.1, -0.05) is 41.4 Å². The summed E-state index contributed by atoms with van der Waals surface area (Å²) in [5.74, 6) is -3.22. The Morgan fingerprint density at radius 2 is 1.72 bits per heavy atom. The van der Waals surface area contributed by atoms with E-state index in [9.17, 15) is 18.8 Å². The molecule has 0 fully saturated rings. The van der Waals surface area contributed by atoms with Crippen LogP contribution < -0.4 is 15.5 Å². The van der Waals surface area contributed by atoms with Gasteiger partial charge in [-0.3, -0.25) is 9.59 Å². The Kier molecular flexibility index (Phi) is 7.54. The summed E-state index contributed by atoms with van der Waals surface area (Å²) >= 11 is 11.5. The highest BCUT2D eigenvalue weighted by Gasteiger charge is 2.14. The highest BCUT2D eigenvalue weighted by atomic mass is 35.5. The summed E-state index contributed by atoms with van der Waals surface area (Å²) in [5.41, 5.74) is 2.82. The van der Waals surface area contributed by atoms with Crippen LogP contribution in [0.25, 0.3) is 0 Å². The Balaban J connectivity index is 1.62. The molecule has 0 saturated heterocycles. The van der Waals surface area contributed by atoms with Gasteiger partial charge in [-0.15, -0.1) is 0 Å². The molecular formula is C22H14Cl2FN3O4. The maximum Gasteiger partial charge on any atom is 0.343 e. The van der Waals surface area contributed by atoms with Crippen molar-refractivity contribution in [1.82, 2.24) is 5.43 Å². The Bertz CT molecular complexity index is 1220. The van der Waals surface area contributed by atoms with Crippen molar-refractivity contribution >= 4 is 52.9 Å². The summed E-state index contributed by atoms with van der Waals surface area (Å²) < 4.78 is 18.5. The Labute approximate surface area is 191 Å². The van der Waals surface area contributed by atoms with E-state index in [2.05, 4.69) is 15.8 Å². The fourth-order valence-electron chi connectivity index (χ4n) is 2.43. The second kappa shape index (κ2) is 10.5. The molecule has 0 unspecified atom stereocenters. The quantitative estimate of drug-likeness (QED) is 0.188. The maximum absolute atomic E-state index is 13.2. The largest absolute Gasteiger partial charge is 0.422 e. The SMILES string of the molecule is O=C(N/N=C/c1ccccc1OC(=O)c1cccc(Cl)c1)C(=O)Nc1ccc(F)c(Cl)c1. The fourth-order valence-corrected chi connectivity index (χ4v) is 2.80. The average molecular weight is 474 g/mol. The van der Waals surface area contributed by atoms with Gasteiger partial charge in [0.2, 0.25) is 0 Å². The first kappa shape index (κ1) is 22.9. The zero-order chi connectivity index (χ0) is 23.1. The summed E-state index contributed by atoms with van der Waals surface area (Å²) in [6.45, 7) is 0. The number of rotatable bonds is 5. The van der Waals surface area contributed by atoms with Gasteiger partial charge in [-0.25, -0.2) is 14.6 Å². The van der Waals surface area contributed by atoms with E-state index in [1.54, 1.807) is 36.4 Å². The number of esters is 1. The number of carbonyl (C=O) groups is 3. The Morgan fingerprint density at radius 3 is 2.47 bits per heavy atom. The molecule has 2 N–H and O–H groups in total. The van der Waals surface area contributed by atoms with Gasteiger partial charge < -0.3 is 10.1 Å². The van der Waals surface area contributed by atoms with Crippen molar-refractivity contribution in [2.75, 3.05) is 5.32 Å². The minimum Gasteiger partial charge on any atom is -0.422 e. The second-order valence-corrected chi connectivity index (χ2v) is 7.06. The van der Waals surface area contributed by atoms with Crippen molar-refractivity contribution < 1.29 is 23.5 Å². The summed E-state index contributed by atoms with van der Waals surface area (Å²) in [6.07, 6.45) is 1.21. The van der Waals surface area contributed by atoms with Gasteiger partial charge in [0, 0.05) is 16.3 Å². The van der Waals surface area contributed by atoms with Crippen molar-refractivity contribution in [3.63, 3.8) is 0 Å². The van der Waals surface area contributed by atoms with Crippen LogP contribution in [0, 0.1) is 5.82 Å². The number of carbonyl (C=O) groups excluding carboxylic acids is 3. The molecule has 0 bridgehead atoms. The molecule has 3 rings (SSSR count). The number of nitrogens with zero attached hydrogens (tertiary/aromatic N) is 1. The van der Waals surface area contributed by atoms with Gasteiger partial charge in [-0.05, 0) is 48.5 Å². The predicted octanol–water partition coefficient (Wildman–Crippen LogP) is 4.44. The van der Waals surface area contributed by atoms with E-state index >= 15 is 0 Å². The summed E-state index contributed by atoms with van der Waals surface area (Å²) in [7, 11) is 0. The smallest absolute Gasteiger partial charge is 0.343 e. The minimum absolute atomic E-state index is 0.138. The zero-order valence-corrected chi connectivity index (χ0v) is 17.7. The van der Waals surface area contributed by atoms with Crippen molar-refractivity contribution in [1.29, 1.82) is 0 Å². The Morgan fingerprint density at radius 1 is 0.938 bits per heavy atom. The fraction of sp³-hybridized carbons (Fsp3) is 0. The second-order valence-electron chi connectivity index (χ2n) is 6.22. The van der Waals surface area contributed by atoms with Crippen LogP contribution in [0.4, 0.5) is 10.1 Å². The Hall–Kier alpha value is -3.75. The van der Waals surface area contributed by atoms with E-state index in [0.717, 1.165) is 12.1 Å². The van der Waals surface area contributed by atoms with Crippen molar-refractivity contribution in [2.45, 2.75) is 0 Å². The molecule has 0 atom stereocenters. The van der Waals surface area contributed by atoms with E-state index in [0.29, 0.717) is 10.6 Å². The van der Waals surface area contributed by atoms with Crippen LogP contribution in [-0.2, 0) is 9.59 Å². The molecule has 0 aliphatic carbocycles. The lowest BCUT2D eigenvalue weighted by Crippen LogP contribution is -2.32. The van der Waals surface area contributed by atoms with Crippen LogP contribution in [0.3, 0.4) is 0 Å². The molecule has 0 saturated carbocycles. The number of hydrogen-bond donors (Lipinski definition) is 2. The lowest BCUT2D eigenvalue weighted by atomic mass is 10.2. The molecule has 3 aromatic rings. The van der Waals surface area contributed by atoms with Crippen LogP contribution >= 0.6 is 23.2 Å². The normalized spacial score (nSPS) is 10.6. The van der Waals surface area contributed by atoms with Crippen LogP contribution in [0.2, 0.25) is 10.0 Å². The van der Waals surface area contributed by atoms with E-state index in [1.165, 1.54) is 24.4 Å². The maximum atomic E-state index is 13.2. The number of para-hydroxylation sites is 1. The zero-order valence-electron chi connectivity index (χ0n) is 16.1. The van der Waals surface area contributed by atoms with Crippen molar-refractivity contribution in [3.05, 3.63) is 93.7 Å². The van der Waals surface area contributed by atoms with E-state index in [-0.39, 0.29) is 22.0 Å². The number of hydrogen-bond acceptors (Lipinski definition) is 5. The van der Waals surface area contributed by atoms with Gasteiger partial charge in [0.25, 0.3) is 0 Å². The molecule has 162 valence electrons. The molecule has 0 aromatic heterocycles. The molecule has 3 aromatic carbocycles. The first-order chi connectivity index (χ1) is 15.3. The highest BCUT2D eigenvalue weighted by molar-refractivity contribution is 6.39. The van der Waals surface area contributed by atoms with Gasteiger partial charge in [0.1, 0.15) is 11.6 Å². The van der Waals surface area contributed by atoms with Gasteiger partial charge in [-0.2, -0.15) is 5.10 Å². The molecule has 0 heterocycles. The summed E-state index contributed by atoms with van der Waals surface area (Å²) in [5, 5.41) is 6.15. The number of benzene rings is 3. The van der Waals surface area contributed by atoms with Crippen LogP contribution in [0.1, 0.15) is 15.9 Å². The van der Waals surface area contributed by atoms with Gasteiger partial charge in [0.05, 0.1) is 16.8 Å². The molecule has 0 aliphatic rings. The molecule has 0 aliphatic heterocycles.